The van der Waals surface area contributed by atoms with Crippen LogP contribution in [0.5, 0.6) is 0 Å². The van der Waals surface area contributed by atoms with Gasteiger partial charge in [-0.25, -0.2) is 0 Å². The van der Waals surface area contributed by atoms with Crippen LogP contribution in [0.1, 0.15) is 6.42 Å². The molecule has 3 N–H and O–H groups in total. The number of carbonyl (C=O) groups excluding carboxylic acids is 1. The van der Waals surface area contributed by atoms with Gasteiger partial charge in [-0.2, -0.15) is 0 Å². The molecule has 7 heteroatoms. The second-order valence-electron chi connectivity index (χ2n) is 3.44. The zero-order chi connectivity index (χ0) is 11.5. The van der Waals surface area contributed by atoms with Crippen molar-refractivity contribution in [3.63, 3.8) is 0 Å². The molecule has 96 valence electrons. The van der Waals surface area contributed by atoms with E-state index in [1.54, 1.807) is 0 Å². The summed E-state index contributed by atoms with van der Waals surface area (Å²) in [4.78, 5) is 12.9. The van der Waals surface area contributed by atoms with Crippen molar-refractivity contribution in [1.82, 2.24) is 15.5 Å². The van der Waals surface area contributed by atoms with Crippen molar-refractivity contribution in [2.45, 2.75) is 6.42 Å². The third-order valence-corrected chi connectivity index (χ3v) is 1.73. The third-order valence-electron chi connectivity index (χ3n) is 1.73. The first-order valence-electron chi connectivity index (χ1n) is 4.97. The number of nitrogens with one attached hydrogen (secondary N) is 2. The summed E-state index contributed by atoms with van der Waals surface area (Å²) in [6.07, 6.45) is 1.92. The monoisotopic (exact) mass is 251 g/mol. The molecule has 1 amide bonds. The summed E-state index contributed by atoms with van der Waals surface area (Å²) in [5.74, 6) is -0.382. The fourth-order valence-electron chi connectivity index (χ4n) is 1.02. The summed E-state index contributed by atoms with van der Waals surface area (Å²) >= 11 is 0. The number of hydrogen-bond acceptors (Lipinski definition) is 5. The van der Waals surface area contributed by atoms with Crippen molar-refractivity contribution in [3.05, 3.63) is 0 Å². The Labute approximate surface area is 102 Å². The molecule has 0 aliphatic carbocycles. The van der Waals surface area contributed by atoms with E-state index in [2.05, 4.69) is 20.7 Å². The summed E-state index contributed by atoms with van der Waals surface area (Å²) in [6.45, 7) is 3.24. The normalized spacial score (nSPS) is 10.4. The first-order valence-corrected chi connectivity index (χ1v) is 4.97. The Bertz CT molecular complexity index is 200. The van der Waals surface area contributed by atoms with Gasteiger partial charge in [0.25, 0.3) is 5.91 Å². The van der Waals surface area contributed by atoms with Crippen LogP contribution in [0.25, 0.3) is 0 Å². The van der Waals surface area contributed by atoms with Crippen LogP contribution in [-0.2, 0) is 4.79 Å². The Morgan fingerprint density at radius 1 is 1.38 bits per heavy atom. The summed E-state index contributed by atoms with van der Waals surface area (Å²) in [7, 11) is 4.07. The Morgan fingerprint density at radius 2 is 2.06 bits per heavy atom. The van der Waals surface area contributed by atoms with E-state index in [1.165, 1.54) is 0 Å². The number of amides is 1. The molecule has 0 saturated carbocycles. The van der Waals surface area contributed by atoms with Crippen LogP contribution in [-0.4, -0.2) is 62.5 Å². The predicted octanol–water partition coefficient (Wildman–Crippen LogP) is -3.89. The Kier molecular flexibility index (Phi) is 13.4. The van der Waals surface area contributed by atoms with Gasteiger partial charge < -0.3 is 33.1 Å². The van der Waals surface area contributed by atoms with E-state index < -0.39 is 0 Å². The molecule has 6 nitrogen and oxygen atoms in total. The molecule has 0 fully saturated rings. The van der Waals surface area contributed by atoms with Crippen molar-refractivity contribution in [1.29, 1.82) is 0 Å². The summed E-state index contributed by atoms with van der Waals surface area (Å²) in [6, 6.07) is 0. The fourth-order valence-corrected chi connectivity index (χ4v) is 1.02. The minimum absolute atomic E-state index is 0. The maximum absolute atomic E-state index is 10.8. The topological polar surface area (TPSA) is 77.0 Å². The number of rotatable bonds is 8. The predicted molar refractivity (Wildman–Crippen MR) is 59.3 cm³/mol. The van der Waals surface area contributed by atoms with Gasteiger partial charge in [0.15, 0.2) is 0 Å². The summed E-state index contributed by atoms with van der Waals surface area (Å²) in [5, 5.41) is 16.4. The smallest absolute Gasteiger partial charge is 0.265 e. The highest BCUT2D eigenvalue weighted by Crippen LogP contribution is 1.79. The SMILES string of the molecule is CN(C)CCCNCCNC(=O)C=NO.[Cl-]. The van der Waals surface area contributed by atoms with Gasteiger partial charge >= 0.3 is 0 Å². The van der Waals surface area contributed by atoms with Gasteiger partial charge in [-0.3, -0.25) is 4.79 Å². The van der Waals surface area contributed by atoms with E-state index in [-0.39, 0.29) is 18.3 Å². The molecule has 0 aliphatic heterocycles. The van der Waals surface area contributed by atoms with E-state index in [1.807, 2.05) is 14.1 Å². The van der Waals surface area contributed by atoms with Gasteiger partial charge in [-0.15, -0.1) is 0 Å². The molecule has 0 heterocycles. The van der Waals surface area contributed by atoms with E-state index in [0.29, 0.717) is 6.54 Å². The molecule has 0 bridgehead atoms. The molecular weight excluding hydrogens is 232 g/mol. The zero-order valence-electron chi connectivity index (χ0n) is 9.74. The lowest BCUT2D eigenvalue weighted by Crippen LogP contribution is -3.00. The van der Waals surface area contributed by atoms with Crippen molar-refractivity contribution >= 4 is 12.1 Å². The number of hydrogen-bond donors (Lipinski definition) is 3. The van der Waals surface area contributed by atoms with Gasteiger partial charge in [0.05, 0.1) is 0 Å². The van der Waals surface area contributed by atoms with E-state index >= 15 is 0 Å². The summed E-state index contributed by atoms with van der Waals surface area (Å²) in [5.41, 5.74) is 0. The lowest BCUT2D eigenvalue weighted by molar-refractivity contribution is -0.114. The van der Waals surface area contributed by atoms with E-state index in [4.69, 9.17) is 5.21 Å². The van der Waals surface area contributed by atoms with Gasteiger partial charge in [0.2, 0.25) is 0 Å². The molecule has 0 radical (unpaired) electrons. The summed E-state index contributed by atoms with van der Waals surface area (Å²) < 4.78 is 0. The average Bonchev–Trinajstić information content (AvgIpc) is 2.16. The number of halogens is 1. The lowest BCUT2D eigenvalue weighted by Gasteiger charge is -2.09. The molecule has 0 unspecified atom stereocenters. The van der Waals surface area contributed by atoms with E-state index in [0.717, 1.165) is 32.3 Å². The van der Waals surface area contributed by atoms with Crippen LogP contribution in [0, 0.1) is 0 Å². The van der Waals surface area contributed by atoms with Crippen molar-refractivity contribution < 1.29 is 22.4 Å². The number of nitrogens with zero attached hydrogens (tertiary/aromatic N) is 2. The highest BCUT2D eigenvalue weighted by Gasteiger charge is 1.94. The number of oxime groups is 1. The molecule has 0 aromatic carbocycles. The Balaban J connectivity index is 0. The van der Waals surface area contributed by atoms with Gasteiger partial charge in [-0.05, 0) is 33.6 Å². The van der Waals surface area contributed by atoms with Crippen LogP contribution < -0.4 is 23.0 Å². The highest BCUT2D eigenvalue weighted by molar-refractivity contribution is 6.25. The molecule has 0 aliphatic rings. The molecular formula is C9H20ClN4O2-. The maximum Gasteiger partial charge on any atom is 0.265 e. The van der Waals surface area contributed by atoms with Crippen molar-refractivity contribution in [3.8, 4) is 0 Å². The molecule has 0 rings (SSSR count). The zero-order valence-corrected chi connectivity index (χ0v) is 10.5. The Hall–Kier alpha value is -0.850. The second-order valence-corrected chi connectivity index (χ2v) is 3.44. The average molecular weight is 252 g/mol. The molecule has 0 saturated heterocycles. The van der Waals surface area contributed by atoms with Gasteiger partial charge in [0, 0.05) is 13.1 Å². The minimum Gasteiger partial charge on any atom is -1.00 e. The molecule has 16 heavy (non-hydrogen) atoms. The standard InChI is InChI=1S/C9H20N4O2.ClH/c1-13(2)7-3-4-10-5-6-11-9(14)8-12-15;/h8,10,15H,3-7H2,1-2H3,(H,11,14);1H/p-1. The van der Waals surface area contributed by atoms with Crippen LogP contribution in [0.4, 0.5) is 0 Å². The Morgan fingerprint density at radius 3 is 2.62 bits per heavy atom. The largest absolute Gasteiger partial charge is 1.00 e. The maximum atomic E-state index is 10.8. The van der Waals surface area contributed by atoms with Crippen LogP contribution in [0.2, 0.25) is 0 Å². The fraction of sp³-hybridized carbons (Fsp3) is 0.778. The lowest BCUT2D eigenvalue weighted by atomic mass is 10.4. The van der Waals surface area contributed by atoms with Crippen molar-refractivity contribution in [2.75, 3.05) is 40.3 Å². The van der Waals surface area contributed by atoms with E-state index in [9.17, 15) is 4.79 Å². The van der Waals surface area contributed by atoms with Gasteiger partial charge in [0.1, 0.15) is 6.21 Å². The number of carbonyl (C=O) groups is 1. The molecule has 0 aromatic heterocycles. The molecule has 0 aromatic rings. The third kappa shape index (κ3) is 13.2. The second kappa shape index (κ2) is 12.2. The quantitative estimate of drug-likeness (QED) is 0.178. The highest BCUT2D eigenvalue weighted by atomic mass is 35.5. The van der Waals surface area contributed by atoms with Crippen LogP contribution in [0.15, 0.2) is 5.16 Å². The van der Waals surface area contributed by atoms with Crippen LogP contribution >= 0.6 is 0 Å². The van der Waals surface area contributed by atoms with Crippen LogP contribution in [0.3, 0.4) is 0 Å². The molecule has 0 atom stereocenters. The van der Waals surface area contributed by atoms with Crippen molar-refractivity contribution in [2.24, 2.45) is 5.16 Å². The first-order chi connectivity index (χ1) is 7.16. The first kappa shape index (κ1) is 17.5. The van der Waals surface area contributed by atoms with Gasteiger partial charge in [-0.1, -0.05) is 5.16 Å². The minimum atomic E-state index is -0.382. The molecule has 0 spiro atoms.